The lowest BCUT2D eigenvalue weighted by molar-refractivity contribution is 0.122. The highest BCUT2D eigenvalue weighted by atomic mass is 16.5. The SMILES string of the molecule is CCC1CCC(c2cc(N3CCOCC3)nc3c2c(N)nn3-c2ccn[nH]2)CC1. The molecule has 0 spiro atoms. The van der Waals surface area contributed by atoms with Crippen LogP contribution in [-0.2, 0) is 4.74 Å². The molecule has 2 aliphatic rings. The molecule has 1 saturated heterocycles. The number of hydrogen-bond donors (Lipinski definition) is 2. The molecular weight excluding hydrogens is 366 g/mol. The van der Waals surface area contributed by atoms with E-state index < -0.39 is 0 Å². The van der Waals surface area contributed by atoms with Gasteiger partial charge in [0.2, 0.25) is 0 Å². The molecule has 5 rings (SSSR count). The first-order chi connectivity index (χ1) is 14.2. The minimum Gasteiger partial charge on any atom is -0.382 e. The summed E-state index contributed by atoms with van der Waals surface area (Å²) in [5, 5.41) is 12.7. The molecule has 2 fully saturated rings. The first-order valence-corrected chi connectivity index (χ1v) is 10.8. The fourth-order valence-electron chi connectivity index (χ4n) is 4.85. The van der Waals surface area contributed by atoms with Gasteiger partial charge in [0.05, 0.1) is 24.8 Å². The second-order valence-corrected chi connectivity index (χ2v) is 8.23. The lowest BCUT2D eigenvalue weighted by Crippen LogP contribution is -2.36. The summed E-state index contributed by atoms with van der Waals surface area (Å²) in [6.45, 7) is 5.48. The van der Waals surface area contributed by atoms with Crippen molar-refractivity contribution in [2.45, 2.75) is 44.9 Å². The van der Waals surface area contributed by atoms with Crippen LogP contribution >= 0.6 is 0 Å². The molecule has 1 aliphatic carbocycles. The van der Waals surface area contributed by atoms with Gasteiger partial charge in [0.15, 0.2) is 17.3 Å². The molecule has 0 unspecified atom stereocenters. The molecule has 3 N–H and O–H groups in total. The van der Waals surface area contributed by atoms with E-state index in [1.807, 2.05) is 6.07 Å². The van der Waals surface area contributed by atoms with Crippen molar-refractivity contribution in [3.05, 3.63) is 23.9 Å². The van der Waals surface area contributed by atoms with Crippen LogP contribution in [0.5, 0.6) is 0 Å². The maximum atomic E-state index is 6.43. The van der Waals surface area contributed by atoms with Crippen molar-refractivity contribution in [1.82, 2.24) is 25.0 Å². The first-order valence-electron chi connectivity index (χ1n) is 10.8. The zero-order valence-electron chi connectivity index (χ0n) is 17.0. The zero-order chi connectivity index (χ0) is 19.8. The van der Waals surface area contributed by atoms with Gasteiger partial charge in [-0.05, 0) is 49.1 Å². The average molecular weight is 396 g/mol. The Morgan fingerprint density at radius 1 is 1.21 bits per heavy atom. The number of hydrogen-bond acceptors (Lipinski definition) is 6. The number of H-pyrrole nitrogens is 1. The second kappa shape index (κ2) is 7.67. The normalized spacial score (nSPS) is 23.0. The number of fused-ring (bicyclic) bond motifs is 1. The van der Waals surface area contributed by atoms with Gasteiger partial charge in [-0.1, -0.05) is 13.3 Å². The highest BCUT2D eigenvalue weighted by molar-refractivity contribution is 5.92. The fourth-order valence-corrected chi connectivity index (χ4v) is 4.85. The molecule has 1 aliphatic heterocycles. The molecule has 0 atom stereocenters. The van der Waals surface area contributed by atoms with E-state index in [-0.39, 0.29) is 0 Å². The number of nitrogen functional groups attached to an aromatic ring is 1. The highest BCUT2D eigenvalue weighted by Gasteiger charge is 2.27. The van der Waals surface area contributed by atoms with Crippen molar-refractivity contribution in [1.29, 1.82) is 0 Å². The Kier molecular flexibility index (Phi) is 4.87. The Bertz CT molecular complexity index is 967. The Morgan fingerprint density at radius 2 is 2.00 bits per heavy atom. The topological polar surface area (TPSA) is 97.9 Å². The third-order valence-electron chi connectivity index (χ3n) is 6.60. The van der Waals surface area contributed by atoms with Crippen molar-refractivity contribution in [2.75, 3.05) is 36.9 Å². The van der Waals surface area contributed by atoms with Crippen LogP contribution in [0.1, 0.15) is 50.5 Å². The van der Waals surface area contributed by atoms with Gasteiger partial charge in [-0.2, -0.15) is 9.78 Å². The number of anilines is 2. The third kappa shape index (κ3) is 3.35. The summed E-state index contributed by atoms with van der Waals surface area (Å²) in [7, 11) is 0. The number of aromatic amines is 1. The van der Waals surface area contributed by atoms with Gasteiger partial charge in [0.25, 0.3) is 0 Å². The molecule has 0 aromatic carbocycles. The van der Waals surface area contributed by atoms with E-state index in [0.29, 0.717) is 11.7 Å². The van der Waals surface area contributed by atoms with Crippen molar-refractivity contribution in [3.63, 3.8) is 0 Å². The monoisotopic (exact) mass is 395 g/mol. The molecule has 8 nitrogen and oxygen atoms in total. The summed E-state index contributed by atoms with van der Waals surface area (Å²) in [6, 6.07) is 4.15. The minimum atomic E-state index is 0.504. The largest absolute Gasteiger partial charge is 0.382 e. The quantitative estimate of drug-likeness (QED) is 0.704. The van der Waals surface area contributed by atoms with Crippen molar-refractivity contribution < 1.29 is 4.74 Å². The second-order valence-electron chi connectivity index (χ2n) is 8.23. The molecule has 0 amide bonds. The van der Waals surface area contributed by atoms with Crippen LogP contribution in [0, 0.1) is 5.92 Å². The average Bonchev–Trinajstić information content (AvgIpc) is 3.42. The van der Waals surface area contributed by atoms with Crippen molar-refractivity contribution in [3.8, 4) is 5.82 Å². The summed E-state index contributed by atoms with van der Waals surface area (Å²) >= 11 is 0. The molecule has 3 aromatic rings. The summed E-state index contributed by atoms with van der Waals surface area (Å²) in [5.41, 5.74) is 8.54. The molecule has 4 heterocycles. The summed E-state index contributed by atoms with van der Waals surface area (Å²) in [5.74, 6) is 3.67. The van der Waals surface area contributed by atoms with Gasteiger partial charge in [-0.3, -0.25) is 5.10 Å². The summed E-state index contributed by atoms with van der Waals surface area (Å²) in [6.07, 6.45) is 7.97. The van der Waals surface area contributed by atoms with E-state index in [9.17, 15) is 0 Å². The van der Waals surface area contributed by atoms with E-state index in [4.69, 9.17) is 15.5 Å². The fraction of sp³-hybridized carbons (Fsp3) is 0.571. The lowest BCUT2D eigenvalue weighted by Gasteiger charge is -2.31. The van der Waals surface area contributed by atoms with Crippen molar-refractivity contribution >= 4 is 22.7 Å². The van der Waals surface area contributed by atoms with Crippen LogP contribution in [0.25, 0.3) is 16.9 Å². The van der Waals surface area contributed by atoms with Gasteiger partial charge in [-0.25, -0.2) is 4.98 Å². The molecule has 1 saturated carbocycles. The number of nitrogens with two attached hydrogens (primary N) is 1. The maximum absolute atomic E-state index is 6.43. The van der Waals surface area contributed by atoms with Crippen LogP contribution in [0.3, 0.4) is 0 Å². The van der Waals surface area contributed by atoms with Gasteiger partial charge in [0, 0.05) is 19.2 Å². The van der Waals surface area contributed by atoms with Crippen LogP contribution in [0.2, 0.25) is 0 Å². The number of rotatable bonds is 4. The standard InChI is InChI=1S/C21H29N7O/c1-2-14-3-5-15(6-4-14)16-13-18(27-9-11-29-12-10-27)24-21-19(16)20(22)26-28(21)17-7-8-23-25-17/h7-8,13-15H,2-6,9-12H2,1H3,(H2,22,26)(H,23,25). The molecular formula is C21H29N7O. The highest BCUT2D eigenvalue weighted by Crippen LogP contribution is 2.42. The van der Waals surface area contributed by atoms with E-state index in [2.05, 4.69) is 33.2 Å². The maximum Gasteiger partial charge on any atom is 0.169 e. The molecule has 154 valence electrons. The molecule has 0 radical (unpaired) electrons. The van der Waals surface area contributed by atoms with E-state index in [0.717, 1.165) is 54.9 Å². The van der Waals surface area contributed by atoms with Crippen molar-refractivity contribution in [2.24, 2.45) is 5.92 Å². The number of pyridine rings is 1. The zero-order valence-corrected chi connectivity index (χ0v) is 17.0. The molecule has 8 heteroatoms. The van der Waals surface area contributed by atoms with Crippen LogP contribution in [-0.4, -0.2) is 51.3 Å². The van der Waals surface area contributed by atoms with E-state index >= 15 is 0 Å². The van der Waals surface area contributed by atoms with Gasteiger partial charge in [0.1, 0.15) is 5.82 Å². The molecule has 3 aromatic heterocycles. The Labute approximate surface area is 170 Å². The van der Waals surface area contributed by atoms with E-state index in [1.54, 1.807) is 10.9 Å². The van der Waals surface area contributed by atoms with Crippen LogP contribution in [0.15, 0.2) is 18.3 Å². The third-order valence-corrected chi connectivity index (χ3v) is 6.60. The number of nitrogens with one attached hydrogen (secondary N) is 1. The Morgan fingerprint density at radius 3 is 2.69 bits per heavy atom. The lowest BCUT2D eigenvalue weighted by atomic mass is 9.77. The van der Waals surface area contributed by atoms with Gasteiger partial charge >= 0.3 is 0 Å². The summed E-state index contributed by atoms with van der Waals surface area (Å²) < 4.78 is 7.34. The smallest absolute Gasteiger partial charge is 0.169 e. The predicted octanol–water partition coefficient (Wildman–Crippen LogP) is 3.25. The Balaban J connectivity index is 1.63. The number of morpholine rings is 1. The number of aromatic nitrogens is 5. The summed E-state index contributed by atoms with van der Waals surface area (Å²) in [4.78, 5) is 7.32. The van der Waals surface area contributed by atoms with Crippen LogP contribution in [0.4, 0.5) is 11.6 Å². The first kappa shape index (κ1) is 18.4. The number of nitrogens with zero attached hydrogens (tertiary/aromatic N) is 5. The molecule has 29 heavy (non-hydrogen) atoms. The van der Waals surface area contributed by atoms with Gasteiger partial charge < -0.3 is 15.4 Å². The van der Waals surface area contributed by atoms with Crippen LogP contribution < -0.4 is 10.6 Å². The minimum absolute atomic E-state index is 0.504. The van der Waals surface area contributed by atoms with Gasteiger partial charge in [-0.15, -0.1) is 5.10 Å². The van der Waals surface area contributed by atoms with E-state index in [1.165, 1.54) is 37.7 Å². The number of ether oxygens (including phenoxy) is 1. The molecule has 0 bridgehead atoms. The predicted molar refractivity (Wildman–Crippen MR) is 113 cm³/mol. The Hall–Kier alpha value is -2.61.